The summed E-state index contributed by atoms with van der Waals surface area (Å²) in [6.45, 7) is 1.56. The van der Waals surface area contributed by atoms with Gasteiger partial charge in [-0.1, -0.05) is 6.07 Å². The molecule has 1 amide bonds. The molecule has 1 unspecified atom stereocenters. The number of ether oxygens (including phenoxy) is 1. The number of amides is 1. The van der Waals surface area contributed by atoms with Gasteiger partial charge in [-0.15, -0.1) is 11.8 Å². The van der Waals surface area contributed by atoms with Crippen LogP contribution in [-0.4, -0.2) is 50.5 Å². The van der Waals surface area contributed by atoms with Crippen molar-refractivity contribution < 1.29 is 9.53 Å². The van der Waals surface area contributed by atoms with Crippen LogP contribution in [0.4, 0.5) is 0 Å². The first-order valence-corrected chi connectivity index (χ1v) is 8.64. The van der Waals surface area contributed by atoms with E-state index >= 15 is 0 Å². The van der Waals surface area contributed by atoms with Crippen LogP contribution in [0.15, 0.2) is 48.9 Å². The number of rotatable bonds is 3. The predicted octanol–water partition coefficient (Wildman–Crippen LogP) is 2.26. The second-order valence-electron chi connectivity index (χ2n) is 6.00. The fraction of sp³-hybridized carbons (Fsp3) is 0.353. The lowest BCUT2D eigenvalue weighted by Gasteiger charge is -2.47. The third kappa shape index (κ3) is 2.91. The van der Waals surface area contributed by atoms with Crippen LogP contribution in [0.1, 0.15) is 16.9 Å². The highest BCUT2D eigenvalue weighted by atomic mass is 32.2. The summed E-state index contributed by atoms with van der Waals surface area (Å²) >= 11 is 1.92. The van der Waals surface area contributed by atoms with Crippen molar-refractivity contribution in [2.24, 2.45) is 0 Å². The summed E-state index contributed by atoms with van der Waals surface area (Å²) in [5.74, 6) is 1.80. The topological polar surface area (TPSA) is 55.3 Å². The normalized spacial score (nSPS) is 21.9. The number of hydrogen-bond donors (Lipinski definition) is 0. The molecule has 2 aromatic heterocycles. The molecule has 2 saturated heterocycles. The van der Waals surface area contributed by atoms with Crippen LogP contribution in [0.5, 0.6) is 5.75 Å². The van der Waals surface area contributed by atoms with Crippen molar-refractivity contribution in [3.05, 3.63) is 54.6 Å². The summed E-state index contributed by atoms with van der Waals surface area (Å²) in [7, 11) is 0. The summed E-state index contributed by atoms with van der Waals surface area (Å²) < 4.78 is 6.14. The predicted molar refractivity (Wildman–Crippen MR) is 88.6 cm³/mol. The van der Waals surface area contributed by atoms with E-state index in [0.717, 1.165) is 31.0 Å². The van der Waals surface area contributed by atoms with Gasteiger partial charge >= 0.3 is 0 Å². The molecule has 0 aromatic carbocycles. The van der Waals surface area contributed by atoms with Crippen molar-refractivity contribution in [2.75, 3.05) is 18.8 Å². The Hall–Kier alpha value is -2.08. The molecule has 23 heavy (non-hydrogen) atoms. The third-order valence-electron chi connectivity index (χ3n) is 4.24. The molecule has 0 saturated carbocycles. The van der Waals surface area contributed by atoms with Gasteiger partial charge in [-0.05, 0) is 24.3 Å². The number of carbonyl (C=O) groups is 1. The maximum atomic E-state index is 12.4. The molecule has 1 spiro atoms. The molecule has 0 bridgehead atoms. The number of thioether (sulfide) groups is 1. The first-order chi connectivity index (χ1) is 11.2. The summed E-state index contributed by atoms with van der Waals surface area (Å²) in [6.07, 6.45) is 6.30. The highest BCUT2D eigenvalue weighted by Gasteiger charge is 2.51. The largest absolute Gasteiger partial charge is 0.488 e. The van der Waals surface area contributed by atoms with E-state index in [9.17, 15) is 4.79 Å². The minimum atomic E-state index is 0.0217. The van der Waals surface area contributed by atoms with Gasteiger partial charge in [0.25, 0.3) is 5.91 Å². The van der Waals surface area contributed by atoms with E-state index in [4.69, 9.17) is 4.74 Å². The fourth-order valence-electron chi connectivity index (χ4n) is 3.15. The van der Waals surface area contributed by atoms with Gasteiger partial charge < -0.3 is 9.64 Å². The number of carbonyl (C=O) groups excluding carboxylic acids is 1. The molecule has 118 valence electrons. The molecule has 0 N–H and O–H groups in total. The van der Waals surface area contributed by atoms with E-state index in [-0.39, 0.29) is 16.8 Å². The Balaban J connectivity index is 1.34. The lowest BCUT2D eigenvalue weighted by molar-refractivity contribution is 0.0512. The average molecular weight is 327 g/mol. The number of hydrogen-bond acceptors (Lipinski definition) is 5. The van der Waals surface area contributed by atoms with Crippen molar-refractivity contribution in [2.45, 2.75) is 17.3 Å². The first-order valence-electron chi connectivity index (χ1n) is 7.65. The van der Waals surface area contributed by atoms with Crippen LogP contribution < -0.4 is 4.74 Å². The van der Waals surface area contributed by atoms with E-state index in [0.29, 0.717) is 5.69 Å². The molecular weight excluding hydrogens is 310 g/mol. The van der Waals surface area contributed by atoms with E-state index in [2.05, 4.69) is 9.97 Å². The van der Waals surface area contributed by atoms with Crippen LogP contribution in [0.25, 0.3) is 0 Å². The Kier molecular flexibility index (Phi) is 3.69. The van der Waals surface area contributed by atoms with E-state index in [1.54, 1.807) is 24.7 Å². The molecule has 0 radical (unpaired) electrons. The summed E-state index contributed by atoms with van der Waals surface area (Å²) in [5, 5.41) is 0. The summed E-state index contributed by atoms with van der Waals surface area (Å²) in [6, 6.07) is 9.24. The highest BCUT2D eigenvalue weighted by Crippen LogP contribution is 2.46. The van der Waals surface area contributed by atoms with Gasteiger partial charge in [0.05, 0.1) is 10.9 Å². The number of nitrogens with zero attached hydrogens (tertiary/aromatic N) is 3. The lowest BCUT2D eigenvalue weighted by Crippen LogP contribution is -2.60. The second kappa shape index (κ2) is 5.85. The van der Waals surface area contributed by atoms with E-state index in [1.165, 1.54) is 0 Å². The zero-order valence-corrected chi connectivity index (χ0v) is 13.4. The van der Waals surface area contributed by atoms with Crippen LogP contribution in [0.2, 0.25) is 0 Å². The minimum Gasteiger partial charge on any atom is -0.488 e. The van der Waals surface area contributed by atoms with Crippen molar-refractivity contribution in [1.82, 2.24) is 14.9 Å². The first kappa shape index (κ1) is 14.5. The van der Waals surface area contributed by atoms with Crippen molar-refractivity contribution in [3.8, 4) is 5.75 Å². The van der Waals surface area contributed by atoms with Gasteiger partial charge in [0.2, 0.25) is 0 Å². The van der Waals surface area contributed by atoms with Crippen molar-refractivity contribution in [3.63, 3.8) is 0 Å². The average Bonchev–Trinajstić information content (AvgIpc) is 2.99. The molecular formula is C17H17N3O2S. The zero-order valence-electron chi connectivity index (χ0n) is 12.6. The fourth-order valence-corrected chi connectivity index (χ4v) is 4.68. The van der Waals surface area contributed by atoms with Crippen LogP contribution >= 0.6 is 11.8 Å². The number of likely N-dealkylation sites (tertiary alicyclic amines) is 1. The lowest BCUT2D eigenvalue weighted by atomic mass is 9.92. The van der Waals surface area contributed by atoms with Crippen LogP contribution in [0, 0.1) is 0 Å². The molecule has 6 heteroatoms. The van der Waals surface area contributed by atoms with Gasteiger partial charge in [-0.2, -0.15) is 0 Å². The van der Waals surface area contributed by atoms with E-state index in [1.807, 2.05) is 40.9 Å². The quantitative estimate of drug-likeness (QED) is 0.865. The van der Waals surface area contributed by atoms with Gasteiger partial charge in [0, 0.05) is 37.7 Å². The van der Waals surface area contributed by atoms with Crippen molar-refractivity contribution in [1.29, 1.82) is 0 Å². The third-order valence-corrected chi connectivity index (χ3v) is 5.82. The number of aromatic nitrogens is 2. The molecule has 2 aliphatic heterocycles. The zero-order chi connectivity index (χ0) is 15.7. The van der Waals surface area contributed by atoms with Gasteiger partial charge in [0.15, 0.2) is 0 Å². The summed E-state index contributed by atoms with van der Waals surface area (Å²) in [5.41, 5.74) is 0.522. The highest BCUT2D eigenvalue weighted by molar-refractivity contribution is 8.01. The van der Waals surface area contributed by atoms with Gasteiger partial charge in [0.1, 0.15) is 17.5 Å². The van der Waals surface area contributed by atoms with Gasteiger partial charge in [-0.3, -0.25) is 14.8 Å². The molecule has 2 aromatic rings. The SMILES string of the molecule is O=C(c1ccccn1)N1CC2(CC(Oc3cccnc3)CS2)C1. The molecule has 1 atom stereocenters. The van der Waals surface area contributed by atoms with E-state index < -0.39 is 0 Å². The summed E-state index contributed by atoms with van der Waals surface area (Å²) in [4.78, 5) is 22.4. The maximum absolute atomic E-state index is 12.4. The number of pyridine rings is 2. The Bertz CT molecular complexity index is 689. The smallest absolute Gasteiger partial charge is 0.272 e. The standard InChI is InChI=1S/C17H17N3O2S/c21-16(15-5-1-2-7-19-15)20-11-17(12-20)8-14(10-23-17)22-13-4-3-6-18-9-13/h1-7,9,14H,8,10-12H2. The Labute approximate surface area is 139 Å². The minimum absolute atomic E-state index is 0.0217. The second-order valence-corrected chi connectivity index (χ2v) is 7.49. The molecule has 0 aliphatic carbocycles. The van der Waals surface area contributed by atoms with Gasteiger partial charge in [-0.25, -0.2) is 0 Å². The van der Waals surface area contributed by atoms with Crippen molar-refractivity contribution >= 4 is 17.7 Å². The monoisotopic (exact) mass is 327 g/mol. The Morgan fingerprint density at radius 3 is 2.91 bits per heavy atom. The molecule has 5 nitrogen and oxygen atoms in total. The molecule has 4 heterocycles. The maximum Gasteiger partial charge on any atom is 0.272 e. The van der Waals surface area contributed by atoms with Crippen LogP contribution in [0.3, 0.4) is 0 Å². The molecule has 4 rings (SSSR count). The Morgan fingerprint density at radius 1 is 1.26 bits per heavy atom. The molecule has 2 aliphatic rings. The molecule has 2 fully saturated rings. The van der Waals surface area contributed by atoms with Crippen LogP contribution in [-0.2, 0) is 0 Å². The Morgan fingerprint density at radius 2 is 2.17 bits per heavy atom.